The molecule has 1 N–H and O–H groups in total. The van der Waals surface area contributed by atoms with E-state index < -0.39 is 11.7 Å². The highest BCUT2D eigenvalue weighted by Gasteiger charge is 2.31. The Kier molecular flexibility index (Phi) is 4.40. The zero-order valence-corrected chi connectivity index (χ0v) is 12.0. The average Bonchev–Trinajstić information content (AvgIpc) is 2.26. The SMILES string of the molecule is CC1CC(Nc2cc(Br)cc(C(F)(F)F)c2)CCO1. The van der Waals surface area contributed by atoms with Gasteiger partial charge in [-0.15, -0.1) is 0 Å². The van der Waals surface area contributed by atoms with Gasteiger partial charge in [0, 0.05) is 22.8 Å². The Hall–Kier alpha value is -0.750. The van der Waals surface area contributed by atoms with E-state index in [9.17, 15) is 13.2 Å². The van der Waals surface area contributed by atoms with Crippen LogP contribution in [0.1, 0.15) is 25.3 Å². The molecule has 2 unspecified atom stereocenters. The van der Waals surface area contributed by atoms with Crippen LogP contribution >= 0.6 is 15.9 Å². The standard InChI is InChI=1S/C13H15BrF3NO/c1-8-4-11(2-3-19-8)18-12-6-9(13(15,16)17)5-10(14)7-12/h5-8,11,18H,2-4H2,1H3. The van der Waals surface area contributed by atoms with Crippen molar-refractivity contribution in [3.63, 3.8) is 0 Å². The first-order valence-electron chi connectivity index (χ1n) is 6.10. The van der Waals surface area contributed by atoms with E-state index >= 15 is 0 Å². The Bertz CT molecular complexity index is 450. The van der Waals surface area contributed by atoms with Crippen molar-refractivity contribution >= 4 is 21.6 Å². The molecule has 1 aliphatic heterocycles. The monoisotopic (exact) mass is 337 g/mol. The van der Waals surface area contributed by atoms with E-state index in [4.69, 9.17) is 4.74 Å². The largest absolute Gasteiger partial charge is 0.416 e. The summed E-state index contributed by atoms with van der Waals surface area (Å²) >= 11 is 3.12. The van der Waals surface area contributed by atoms with Crippen LogP contribution in [-0.2, 0) is 10.9 Å². The van der Waals surface area contributed by atoms with Crippen LogP contribution < -0.4 is 5.32 Å². The number of alkyl halides is 3. The minimum absolute atomic E-state index is 0.139. The van der Waals surface area contributed by atoms with Crippen LogP contribution in [0.5, 0.6) is 0 Å². The van der Waals surface area contributed by atoms with Crippen molar-refractivity contribution in [3.05, 3.63) is 28.2 Å². The van der Waals surface area contributed by atoms with Crippen LogP contribution in [-0.4, -0.2) is 18.8 Å². The van der Waals surface area contributed by atoms with Crippen molar-refractivity contribution < 1.29 is 17.9 Å². The fraction of sp³-hybridized carbons (Fsp3) is 0.538. The number of nitrogens with one attached hydrogen (secondary N) is 1. The first-order chi connectivity index (χ1) is 8.84. The van der Waals surface area contributed by atoms with Crippen molar-refractivity contribution in [1.29, 1.82) is 0 Å². The zero-order valence-electron chi connectivity index (χ0n) is 10.4. The van der Waals surface area contributed by atoms with Gasteiger partial charge < -0.3 is 10.1 Å². The van der Waals surface area contributed by atoms with Gasteiger partial charge in [-0.05, 0) is 38.0 Å². The van der Waals surface area contributed by atoms with Crippen LogP contribution in [0, 0.1) is 0 Å². The lowest BCUT2D eigenvalue weighted by molar-refractivity contribution is -0.137. The third kappa shape index (κ3) is 4.11. The van der Waals surface area contributed by atoms with Crippen LogP contribution in [0.2, 0.25) is 0 Å². The number of anilines is 1. The normalized spacial score (nSPS) is 24.3. The Morgan fingerprint density at radius 3 is 2.68 bits per heavy atom. The number of ether oxygens (including phenoxy) is 1. The van der Waals surface area contributed by atoms with Gasteiger partial charge in [-0.2, -0.15) is 13.2 Å². The number of rotatable bonds is 2. The smallest absolute Gasteiger partial charge is 0.382 e. The summed E-state index contributed by atoms with van der Waals surface area (Å²) < 4.78 is 44.0. The molecule has 0 aromatic heterocycles. The molecule has 1 saturated heterocycles. The van der Waals surface area contributed by atoms with Gasteiger partial charge in [0.1, 0.15) is 0 Å². The van der Waals surface area contributed by atoms with Crippen LogP contribution in [0.25, 0.3) is 0 Å². The van der Waals surface area contributed by atoms with Crippen molar-refractivity contribution in [2.75, 3.05) is 11.9 Å². The first-order valence-corrected chi connectivity index (χ1v) is 6.90. The summed E-state index contributed by atoms with van der Waals surface area (Å²) in [6.45, 7) is 2.61. The van der Waals surface area contributed by atoms with E-state index in [1.54, 1.807) is 6.07 Å². The molecule has 1 aromatic carbocycles. The Morgan fingerprint density at radius 2 is 2.05 bits per heavy atom. The minimum atomic E-state index is -4.33. The second kappa shape index (κ2) is 5.71. The number of hydrogen-bond acceptors (Lipinski definition) is 2. The van der Waals surface area contributed by atoms with Crippen molar-refractivity contribution in [2.24, 2.45) is 0 Å². The molecule has 2 rings (SSSR count). The van der Waals surface area contributed by atoms with E-state index in [0.29, 0.717) is 16.8 Å². The Labute approximate surface area is 118 Å². The summed E-state index contributed by atoms with van der Waals surface area (Å²) in [6, 6.07) is 4.04. The molecular weight excluding hydrogens is 323 g/mol. The molecule has 2 nitrogen and oxygen atoms in total. The summed E-state index contributed by atoms with van der Waals surface area (Å²) in [5, 5.41) is 3.15. The van der Waals surface area contributed by atoms with Gasteiger partial charge >= 0.3 is 6.18 Å². The maximum atomic E-state index is 12.7. The molecule has 0 saturated carbocycles. The zero-order chi connectivity index (χ0) is 14.0. The molecular formula is C13H15BrF3NO. The molecule has 1 aromatic rings. The van der Waals surface area contributed by atoms with Crippen molar-refractivity contribution in [2.45, 2.75) is 38.1 Å². The molecule has 0 radical (unpaired) electrons. The van der Waals surface area contributed by atoms with Gasteiger partial charge in [0.15, 0.2) is 0 Å². The van der Waals surface area contributed by atoms with Crippen molar-refractivity contribution in [3.8, 4) is 0 Å². The van der Waals surface area contributed by atoms with Gasteiger partial charge in [-0.25, -0.2) is 0 Å². The lowest BCUT2D eigenvalue weighted by atomic mass is 10.0. The average molecular weight is 338 g/mol. The predicted molar refractivity (Wildman–Crippen MR) is 71.2 cm³/mol. The lowest BCUT2D eigenvalue weighted by Crippen LogP contribution is -2.32. The third-order valence-electron chi connectivity index (χ3n) is 3.08. The quantitative estimate of drug-likeness (QED) is 0.860. The molecule has 1 aliphatic rings. The maximum Gasteiger partial charge on any atom is 0.416 e. The summed E-state index contributed by atoms with van der Waals surface area (Å²) in [4.78, 5) is 0. The predicted octanol–water partition coefficient (Wildman–Crippen LogP) is 4.45. The summed E-state index contributed by atoms with van der Waals surface area (Å²) in [5.74, 6) is 0. The molecule has 2 atom stereocenters. The van der Waals surface area contributed by atoms with Crippen LogP contribution in [0.4, 0.5) is 18.9 Å². The van der Waals surface area contributed by atoms with Crippen molar-refractivity contribution in [1.82, 2.24) is 0 Å². The van der Waals surface area contributed by atoms with Crippen LogP contribution in [0.3, 0.4) is 0 Å². The highest BCUT2D eigenvalue weighted by Crippen LogP contribution is 2.34. The molecule has 1 fully saturated rings. The molecule has 1 heterocycles. The molecule has 6 heteroatoms. The molecule has 0 spiro atoms. The topological polar surface area (TPSA) is 21.3 Å². The second-order valence-electron chi connectivity index (χ2n) is 4.77. The molecule has 19 heavy (non-hydrogen) atoms. The fourth-order valence-electron chi connectivity index (χ4n) is 2.20. The summed E-state index contributed by atoms with van der Waals surface area (Å²) in [7, 11) is 0. The lowest BCUT2D eigenvalue weighted by Gasteiger charge is -2.29. The highest BCUT2D eigenvalue weighted by molar-refractivity contribution is 9.10. The number of hydrogen-bond donors (Lipinski definition) is 1. The van der Waals surface area contributed by atoms with E-state index in [1.807, 2.05) is 6.92 Å². The number of halogens is 4. The van der Waals surface area contributed by atoms with Gasteiger partial charge in [0.25, 0.3) is 0 Å². The van der Waals surface area contributed by atoms with E-state index in [0.717, 1.165) is 25.0 Å². The summed E-state index contributed by atoms with van der Waals surface area (Å²) in [5.41, 5.74) is -0.162. The summed E-state index contributed by atoms with van der Waals surface area (Å²) in [6.07, 6.45) is -2.59. The first kappa shape index (κ1) is 14.7. The Balaban J connectivity index is 2.14. The molecule has 0 amide bonds. The molecule has 106 valence electrons. The van der Waals surface area contributed by atoms with Gasteiger partial charge in [0.2, 0.25) is 0 Å². The molecule has 0 aliphatic carbocycles. The van der Waals surface area contributed by atoms with Gasteiger partial charge in [-0.3, -0.25) is 0 Å². The van der Waals surface area contributed by atoms with Gasteiger partial charge in [-0.1, -0.05) is 15.9 Å². The van der Waals surface area contributed by atoms with E-state index in [1.165, 1.54) is 0 Å². The highest BCUT2D eigenvalue weighted by atomic mass is 79.9. The van der Waals surface area contributed by atoms with Gasteiger partial charge in [0.05, 0.1) is 11.7 Å². The third-order valence-corrected chi connectivity index (χ3v) is 3.54. The second-order valence-corrected chi connectivity index (χ2v) is 5.69. The van der Waals surface area contributed by atoms with E-state index in [2.05, 4.69) is 21.2 Å². The minimum Gasteiger partial charge on any atom is -0.382 e. The maximum absolute atomic E-state index is 12.7. The fourth-order valence-corrected chi connectivity index (χ4v) is 2.69. The molecule has 0 bridgehead atoms. The van der Waals surface area contributed by atoms with E-state index in [-0.39, 0.29) is 12.1 Å². The Morgan fingerprint density at radius 1 is 1.32 bits per heavy atom. The number of benzene rings is 1. The van der Waals surface area contributed by atoms with Crippen LogP contribution in [0.15, 0.2) is 22.7 Å².